The number of esters is 1. The smallest absolute Gasteiger partial charge is 0.334 e. The van der Waals surface area contributed by atoms with Crippen molar-refractivity contribution in [2.24, 2.45) is 0 Å². The van der Waals surface area contributed by atoms with Gasteiger partial charge >= 0.3 is 5.97 Å². The van der Waals surface area contributed by atoms with E-state index in [-0.39, 0.29) is 24.3 Å². The van der Waals surface area contributed by atoms with E-state index in [4.69, 9.17) is 9.47 Å². The molecular weight excluding hydrogens is 524 g/mol. The molecule has 3 aliphatic rings. The van der Waals surface area contributed by atoms with Crippen LogP contribution in [0.4, 0.5) is 0 Å². The van der Waals surface area contributed by atoms with Crippen LogP contribution in [-0.2, 0) is 30.3 Å². The fourth-order valence-corrected chi connectivity index (χ4v) is 6.80. The molecule has 0 unspecified atom stereocenters. The first kappa shape index (κ1) is 26.3. The molecule has 2 fully saturated rings. The van der Waals surface area contributed by atoms with Crippen molar-refractivity contribution in [1.82, 2.24) is 10.2 Å². The quantitative estimate of drug-likeness (QED) is 0.328. The number of carbonyl (C=O) groups is 3. The Labute approximate surface area is 237 Å². The maximum absolute atomic E-state index is 14.0. The molecule has 2 saturated heterocycles. The molecule has 2 amide bonds. The van der Waals surface area contributed by atoms with Crippen LogP contribution in [0.1, 0.15) is 35.6 Å². The van der Waals surface area contributed by atoms with Crippen LogP contribution in [0.15, 0.2) is 102 Å². The highest BCUT2D eigenvalue weighted by Crippen LogP contribution is 2.43. The van der Waals surface area contributed by atoms with E-state index in [0.29, 0.717) is 6.61 Å². The van der Waals surface area contributed by atoms with E-state index in [0.717, 1.165) is 35.1 Å². The second-order valence-electron chi connectivity index (χ2n) is 10.1. The zero-order chi connectivity index (χ0) is 27.5. The van der Waals surface area contributed by atoms with Gasteiger partial charge in [0.15, 0.2) is 12.1 Å². The van der Waals surface area contributed by atoms with Crippen molar-refractivity contribution in [2.75, 3.05) is 6.61 Å². The number of thioether (sulfide) groups is 1. The monoisotopic (exact) mass is 554 g/mol. The third-order valence-electron chi connectivity index (χ3n) is 7.50. The average Bonchev–Trinajstić information content (AvgIpc) is 3.54. The summed E-state index contributed by atoms with van der Waals surface area (Å²) in [7, 11) is 0. The zero-order valence-electron chi connectivity index (χ0n) is 21.8. The normalized spacial score (nSPS) is 23.7. The number of carbonyl (C=O) groups excluding carboxylic acids is 3. The molecule has 0 aromatic heterocycles. The van der Waals surface area contributed by atoms with Crippen molar-refractivity contribution in [2.45, 2.75) is 48.9 Å². The summed E-state index contributed by atoms with van der Waals surface area (Å²) in [6, 6.07) is 26.9. The topological polar surface area (TPSA) is 84.9 Å². The van der Waals surface area contributed by atoms with E-state index < -0.39 is 29.5 Å². The number of β-lactam (4-membered cyclic amide) rings is 1. The Bertz CT molecular complexity index is 1350. The minimum Gasteiger partial charge on any atom is -0.451 e. The van der Waals surface area contributed by atoms with E-state index in [1.54, 1.807) is 4.90 Å². The number of nitrogens with zero attached hydrogens (tertiary/aromatic N) is 1. The standard InChI is InChI=1S/C32H30N2O5S/c35-26(19-21-11-4-1-5-12-21)33-27-30(36)34-28(24(20-40-31(27)34)25-17-10-18-38-25)32(37)39-29(22-13-6-2-7-14-22)23-15-8-3-9-16-23/h1-9,11-16,20,25,27-29,31H,10,17-19H2,(H,33,35)/t25-,27+,28+,31+/m0/s1. The van der Waals surface area contributed by atoms with E-state index in [1.807, 2.05) is 96.4 Å². The average molecular weight is 555 g/mol. The van der Waals surface area contributed by atoms with Crippen LogP contribution in [0.2, 0.25) is 0 Å². The maximum atomic E-state index is 14.0. The van der Waals surface area contributed by atoms with Crippen LogP contribution in [0.3, 0.4) is 0 Å². The number of ether oxygens (including phenoxy) is 2. The molecule has 40 heavy (non-hydrogen) atoms. The van der Waals surface area contributed by atoms with Crippen LogP contribution in [0, 0.1) is 0 Å². The third-order valence-corrected chi connectivity index (χ3v) is 8.69. The van der Waals surface area contributed by atoms with Gasteiger partial charge in [-0.2, -0.15) is 0 Å². The van der Waals surface area contributed by atoms with Gasteiger partial charge in [0.05, 0.1) is 12.5 Å². The van der Waals surface area contributed by atoms with Crippen LogP contribution in [0.5, 0.6) is 0 Å². The fraction of sp³-hybridized carbons (Fsp3) is 0.281. The SMILES string of the molecule is O=C(Cc1ccccc1)N[C@@H]1C(=O)N2[C@@H](C(=O)OC(c3ccccc3)c3ccccc3)C([C@@H]3CCCO3)=CS[C@H]12. The van der Waals surface area contributed by atoms with Crippen LogP contribution in [-0.4, -0.2) is 52.9 Å². The lowest BCUT2D eigenvalue weighted by molar-refractivity contribution is -0.166. The molecule has 6 rings (SSSR count). The van der Waals surface area contributed by atoms with Gasteiger partial charge in [0.2, 0.25) is 11.8 Å². The Balaban J connectivity index is 1.25. The summed E-state index contributed by atoms with van der Waals surface area (Å²) >= 11 is 1.44. The molecular formula is C32H30N2O5S. The number of amides is 2. The summed E-state index contributed by atoms with van der Waals surface area (Å²) in [4.78, 5) is 41.9. The minimum absolute atomic E-state index is 0.181. The number of rotatable bonds is 8. The first-order chi connectivity index (χ1) is 19.6. The Kier molecular flexibility index (Phi) is 7.71. The highest BCUT2D eigenvalue weighted by molar-refractivity contribution is 8.03. The fourth-order valence-electron chi connectivity index (χ4n) is 5.52. The maximum Gasteiger partial charge on any atom is 0.334 e. The van der Waals surface area contributed by atoms with Gasteiger partial charge in [0.1, 0.15) is 11.4 Å². The minimum atomic E-state index is -0.918. The molecule has 8 heteroatoms. The van der Waals surface area contributed by atoms with Gasteiger partial charge in [-0.05, 0) is 40.5 Å². The summed E-state index contributed by atoms with van der Waals surface area (Å²) in [5, 5.41) is 4.42. The molecule has 0 saturated carbocycles. The Morgan fingerprint density at radius 1 is 0.950 bits per heavy atom. The predicted octanol–water partition coefficient (Wildman–Crippen LogP) is 4.39. The van der Waals surface area contributed by atoms with E-state index in [9.17, 15) is 14.4 Å². The summed E-state index contributed by atoms with van der Waals surface area (Å²) in [6.45, 7) is 0.612. The Morgan fingerprint density at radius 2 is 1.57 bits per heavy atom. The molecule has 204 valence electrons. The Hall–Kier alpha value is -3.88. The Morgan fingerprint density at radius 3 is 2.17 bits per heavy atom. The number of nitrogens with one attached hydrogen (secondary N) is 1. The lowest BCUT2D eigenvalue weighted by Crippen LogP contribution is -2.74. The molecule has 4 atom stereocenters. The van der Waals surface area contributed by atoms with Crippen molar-refractivity contribution in [3.63, 3.8) is 0 Å². The highest BCUT2D eigenvalue weighted by atomic mass is 32.2. The summed E-state index contributed by atoms with van der Waals surface area (Å²) in [6.07, 6.45) is 0.964. The second-order valence-corrected chi connectivity index (χ2v) is 11.1. The molecule has 0 spiro atoms. The van der Waals surface area contributed by atoms with Crippen molar-refractivity contribution >= 4 is 29.5 Å². The first-order valence-electron chi connectivity index (χ1n) is 13.5. The van der Waals surface area contributed by atoms with Gasteiger partial charge < -0.3 is 19.7 Å². The largest absolute Gasteiger partial charge is 0.451 e. The van der Waals surface area contributed by atoms with Gasteiger partial charge in [-0.15, -0.1) is 11.8 Å². The van der Waals surface area contributed by atoms with Gasteiger partial charge in [-0.3, -0.25) is 9.59 Å². The van der Waals surface area contributed by atoms with Crippen molar-refractivity contribution in [3.05, 3.63) is 119 Å². The van der Waals surface area contributed by atoms with Gasteiger partial charge in [0, 0.05) is 6.61 Å². The van der Waals surface area contributed by atoms with E-state index in [1.165, 1.54) is 11.8 Å². The number of hydrogen-bond acceptors (Lipinski definition) is 6. The van der Waals surface area contributed by atoms with Gasteiger partial charge in [-0.1, -0.05) is 91.0 Å². The molecule has 3 aromatic carbocycles. The van der Waals surface area contributed by atoms with Gasteiger partial charge in [-0.25, -0.2) is 4.79 Å². The molecule has 7 nitrogen and oxygen atoms in total. The number of hydrogen-bond donors (Lipinski definition) is 1. The third kappa shape index (κ3) is 5.29. The summed E-state index contributed by atoms with van der Waals surface area (Å²) in [5.74, 6) is -1.03. The van der Waals surface area contributed by atoms with Crippen LogP contribution < -0.4 is 5.32 Å². The van der Waals surface area contributed by atoms with Crippen molar-refractivity contribution in [3.8, 4) is 0 Å². The summed E-state index contributed by atoms with van der Waals surface area (Å²) < 4.78 is 12.2. The van der Waals surface area contributed by atoms with Crippen molar-refractivity contribution < 1.29 is 23.9 Å². The molecule has 0 bridgehead atoms. The molecule has 1 N–H and O–H groups in total. The first-order valence-corrected chi connectivity index (χ1v) is 14.5. The lowest BCUT2D eigenvalue weighted by Gasteiger charge is -2.52. The molecule has 0 aliphatic carbocycles. The number of benzene rings is 3. The molecule has 3 heterocycles. The molecule has 3 aromatic rings. The predicted molar refractivity (Wildman–Crippen MR) is 152 cm³/mol. The van der Waals surface area contributed by atoms with Crippen LogP contribution in [0.25, 0.3) is 0 Å². The zero-order valence-corrected chi connectivity index (χ0v) is 22.7. The second kappa shape index (κ2) is 11.7. The summed E-state index contributed by atoms with van der Waals surface area (Å²) in [5.41, 5.74) is 3.29. The van der Waals surface area contributed by atoms with E-state index in [2.05, 4.69) is 5.32 Å². The van der Waals surface area contributed by atoms with E-state index >= 15 is 0 Å². The lowest BCUT2D eigenvalue weighted by atomic mass is 9.93. The highest BCUT2D eigenvalue weighted by Gasteiger charge is 2.57. The van der Waals surface area contributed by atoms with Crippen molar-refractivity contribution in [1.29, 1.82) is 0 Å². The molecule has 0 radical (unpaired) electrons. The number of fused-ring (bicyclic) bond motifs is 1. The van der Waals surface area contributed by atoms with Crippen LogP contribution >= 0.6 is 11.8 Å². The van der Waals surface area contributed by atoms with Gasteiger partial charge in [0.25, 0.3) is 0 Å². The molecule has 3 aliphatic heterocycles.